The van der Waals surface area contributed by atoms with E-state index in [-0.39, 0.29) is 5.91 Å². The molecular formula is C16H19N3O. The lowest BCUT2D eigenvalue weighted by Crippen LogP contribution is -2.15. The van der Waals surface area contributed by atoms with E-state index in [9.17, 15) is 4.79 Å². The molecule has 4 heteroatoms. The van der Waals surface area contributed by atoms with Crippen molar-refractivity contribution < 1.29 is 4.79 Å². The fourth-order valence-corrected chi connectivity index (χ4v) is 1.94. The molecule has 20 heavy (non-hydrogen) atoms. The van der Waals surface area contributed by atoms with Gasteiger partial charge in [0.1, 0.15) is 0 Å². The maximum Gasteiger partial charge on any atom is 0.257 e. The molecule has 1 aromatic heterocycles. The number of anilines is 2. The lowest BCUT2D eigenvalue weighted by molar-refractivity contribution is 0.102. The molecule has 1 amide bonds. The summed E-state index contributed by atoms with van der Waals surface area (Å²) in [5.74, 6) is -0.133. The molecule has 0 atom stereocenters. The van der Waals surface area contributed by atoms with E-state index in [0.29, 0.717) is 5.56 Å². The van der Waals surface area contributed by atoms with E-state index in [0.717, 1.165) is 23.5 Å². The van der Waals surface area contributed by atoms with Crippen LogP contribution in [0.15, 0.2) is 36.7 Å². The molecule has 2 aromatic rings. The zero-order valence-corrected chi connectivity index (χ0v) is 12.0. The van der Waals surface area contributed by atoms with Crippen LogP contribution in [0.25, 0.3) is 0 Å². The first kappa shape index (κ1) is 14.1. The Hall–Kier alpha value is -2.36. The molecular weight excluding hydrogens is 250 g/mol. The molecule has 0 fully saturated rings. The Morgan fingerprint density at radius 1 is 1.20 bits per heavy atom. The number of hydrogen-bond acceptors (Lipinski definition) is 3. The highest BCUT2D eigenvalue weighted by Gasteiger charge is 2.11. The third-order valence-corrected chi connectivity index (χ3v) is 3.20. The number of hydrogen-bond donors (Lipinski definition) is 2. The van der Waals surface area contributed by atoms with E-state index in [2.05, 4.69) is 15.6 Å². The molecule has 4 nitrogen and oxygen atoms in total. The van der Waals surface area contributed by atoms with Gasteiger partial charge >= 0.3 is 0 Å². The first-order valence-electron chi connectivity index (χ1n) is 6.68. The zero-order valence-electron chi connectivity index (χ0n) is 12.0. The SMILES string of the molecule is CCNc1cnccc1C(=O)Nc1ccc(C)c(C)c1. The Morgan fingerprint density at radius 2 is 2.00 bits per heavy atom. The number of aryl methyl sites for hydroxylation is 2. The normalized spacial score (nSPS) is 10.2. The standard InChI is InChI=1S/C16H19N3O/c1-4-18-15-10-17-8-7-14(15)16(20)19-13-6-5-11(2)12(3)9-13/h5-10,18H,4H2,1-3H3,(H,19,20). The second kappa shape index (κ2) is 6.19. The fraction of sp³-hybridized carbons (Fsp3) is 0.250. The van der Waals surface area contributed by atoms with E-state index in [1.807, 2.05) is 39.0 Å². The van der Waals surface area contributed by atoms with Gasteiger partial charge in [-0.1, -0.05) is 6.07 Å². The Kier molecular flexibility index (Phi) is 4.35. The van der Waals surface area contributed by atoms with Crippen molar-refractivity contribution in [1.29, 1.82) is 0 Å². The molecule has 2 rings (SSSR count). The summed E-state index contributed by atoms with van der Waals surface area (Å²) in [4.78, 5) is 16.4. The minimum Gasteiger partial charge on any atom is -0.383 e. The van der Waals surface area contributed by atoms with Crippen molar-refractivity contribution in [3.8, 4) is 0 Å². The quantitative estimate of drug-likeness (QED) is 0.894. The van der Waals surface area contributed by atoms with Gasteiger partial charge in [0.25, 0.3) is 5.91 Å². The van der Waals surface area contributed by atoms with Crippen LogP contribution < -0.4 is 10.6 Å². The van der Waals surface area contributed by atoms with Crippen molar-refractivity contribution >= 4 is 17.3 Å². The fourth-order valence-electron chi connectivity index (χ4n) is 1.94. The van der Waals surface area contributed by atoms with Gasteiger partial charge in [0.05, 0.1) is 17.4 Å². The number of carbonyl (C=O) groups excluding carboxylic acids is 1. The molecule has 0 aliphatic heterocycles. The molecule has 1 heterocycles. The summed E-state index contributed by atoms with van der Waals surface area (Å²) < 4.78 is 0. The third kappa shape index (κ3) is 3.15. The highest BCUT2D eigenvalue weighted by atomic mass is 16.1. The predicted octanol–water partition coefficient (Wildman–Crippen LogP) is 3.38. The van der Waals surface area contributed by atoms with Gasteiger partial charge in [0.15, 0.2) is 0 Å². The van der Waals surface area contributed by atoms with Crippen molar-refractivity contribution in [2.24, 2.45) is 0 Å². The monoisotopic (exact) mass is 269 g/mol. The average molecular weight is 269 g/mol. The van der Waals surface area contributed by atoms with Crippen molar-refractivity contribution in [3.63, 3.8) is 0 Å². The Morgan fingerprint density at radius 3 is 2.70 bits per heavy atom. The number of nitrogens with zero attached hydrogens (tertiary/aromatic N) is 1. The molecule has 0 spiro atoms. The van der Waals surface area contributed by atoms with Crippen LogP contribution in [0.4, 0.5) is 11.4 Å². The average Bonchev–Trinajstić information content (AvgIpc) is 2.44. The second-order valence-corrected chi connectivity index (χ2v) is 4.70. The molecule has 0 unspecified atom stereocenters. The van der Waals surface area contributed by atoms with Crippen LogP contribution in [0, 0.1) is 13.8 Å². The van der Waals surface area contributed by atoms with Gasteiger partial charge in [-0.15, -0.1) is 0 Å². The minimum atomic E-state index is -0.133. The van der Waals surface area contributed by atoms with Crippen LogP contribution >= 0.6 is 0 Å². The summed E-state index contributed by atoms with van der Waals surface area (Å²) in [5.41, 5.74) is 4.51. The third-order valence-electron chi connectivity index (χ3n) is 3.20. The molecule has 0 saturated heterocycles. The Bertz CT molecular complexity index is 623. The molecule has 104 valence electrons. The lowest BCUT2D eigenvalue weighted by Gasteiger charge is -2.11. The Balaban J connectivity index is 2.21. The van der Waals surface area contributed by atoms with Gasteiger partial charge in [0, 0.05) is 18.4 Å². The first-order chi connectivity index (χ1) is 9.61. The number of rotatable bonds is 4. The molecule has 0 bridgehead atoms. The number of pyridine rings is 1. The van der Waals surface area contributed by atoms with E-state index in [1.54, 1.807) is 18.5 Å². The summed E-state index contributed by atoms with van der Waals surface area (Å²) >= 11 is 0. The van der Waals surface area contributed by atoms with Gasteiger partial charge in [-0.3, -0.25) is 9.78 Å². The highest BCUT2D eigenvalue weighted by molar-refractivity contribution is 6.07. The van der Waals surface area contributed by atoms with Crippen molar-refractivity contribution in [1.82, 2.24) is 4.98 Å². The van der Waals surface area contributed by atoms with Crippen LogP contribution in [-0.4, -0.2) is 17.4 Å². The van der Waals surface area contributed by atoms with E-state index in [4.69, 9.17) is 0 Å². The van der Waals surface area contributed by atoms with Crippen LogP contribution in [0.5, 0.6) is 0 Å². The van der Waals surface area contributed by atoms with Crippen LogP contribution in [0.3, 0.4) is 0 Å². The molecule has 1 aromatic carbocycles. The first-order valence-corrected chi connectivity index (χ1v) is 6.68. The van der Waals surface area contributed by atoms with E-state index in [1.165, 1.54) is 5.56 Å². The van der Waals surface area contributed by atoms with Crippen LogP contribution in [0.1, 0.15) is 28.4 Å². The highest BCUT2D eigenvalue weighted by Crippen LogP contribution is 2.18. The van der Waals surface area contributed by atoms with Crippen LogP contribution in [-0.2, 0) is 0 Å². The van der Waals surface area contributed by atoms with Crippen molar-refractivity contribution in [3.05, 3.63) is 53.3 Å². The topological polar surface area (TPSA) is 54.0 Å². The predicted molar refractivity (Wildman–Crippen MR) is 82.3 cm³/mol. The summed E-state index contributed by atoms with van der Waals surface area (Å²) in [7, 11) is 0. The van der Waals surface area contributed by atoms with E-state index < -0.39 is 0 Å². The van der Waals surface area contributed by atoms with Gasteiger partial charge in [0.2, 0.25) is 0 Å². The maximum atomic E-state index is 12.3. The maximum absolute atomic E-state index is 12.3. The lowest BCUT2D eigenvalue weighted by atomic mass is 10.1. The van der Waals surface area contributed by atoms with Crippen molar-refractivity contribution in [2.45, 2.75) is 20.8 Å². The van der Waals surface area contributed by atoms with Gasteiger partial charge in [-0.2, -0.15) is 0 Å². The van der Waals surface area contributed by atoms with Gasteiger partial charge in [-0.05, 0) is 50.1 Å². The van der Waals surface area contributed by atoms with Gasteiger partial charge in [-0.25, -0.2) is 0 Å². The number of benzene rings is 1. The Labute approximate surface area is 119 Å². The molecule has 0 aliphatic carbocycles. The molecule has 2 N–H and O–H groups in total. The summed E-state index contributed by atoms with van der Waals surface area (Å²) in [6.45, 7) is 6.81. The zero-order chi connectivity index (χ0) is 14.5. The largest absolute Gasteiger partial charge is 0.383 e. The van der Waals surface area contributed by atoms with Gasteiger partial charge < -0.3 is 10.6 Å². The number of amides is 1. The van der Waals surface area contributed by atoms with Crippen LogP contribution in [0.2, 0.25) is 0 Å². The summed E-state index contributed by atoms with van der Waals surface area (Å²) in [5, 5.41) is 6.06. The number of nitrogens with one attached hydrogen (secondary N) is 2. The number of aromatic nitrogens is 1. The van der Waals surface area contributed by atoms with Crippen molar-refractivity contribution in [2.75, 3.05) is 17.2 Å². The molecule has 0 saturated carbocycles. The molecule has 0 radical (unpaired) electrons. The van der Waals surface area contributed by atoms with E-state index >= 15 is 0 Å². The smallest absolute Gasteiger partial charge is 0.257 e. The summed E-state index contributed by atoms with van der Waals surface area (Å²) in [6, 6.07) is 7.60. The minimum absolute atomic E-state index is 0.133. The summed E-state index contributed by atoms with van der Waals surface area (Å²) in [6.07, 6.45) is 3.29. The second-order valence-electron chi connectivity index (χ2n) is 4.70. The molecule has 0 aliphatic rings. The number of carbonyl (C=O) groups is 1.